The van der Waals surface area contributed by atoms with Crippen molar-refractivity contribution in [3.8, 4) is 0 Å². The molecule has 2 aliphatic carbocycles. The molecule has 0 aromatic heterocycles. The molecule has 0 saturated heterocycles. The van der Waals surface area contributed by atoms with Crippen LogP contribution in [0.4, 0.5) is 5.69 Å². The van der Waals surface area contributed by atoms with Gasteiger partial charge in [-0.15, -0.1) is 0 Å². The lowest BCUT2D eigenvalue weighted by Crippen LogP contribution is -2.36. The first-order chi connectivity index (χ1) is 19.1. The number of nitrogens with one attached hydrogen (secondary N) is 1. The molecule has 2 heteroatoms. The first kappa shape index (κ1) is 28.1. The van der Waals surface area contributed by atoms with Crippen molar-refractivity contribution in [2.45, 2.75) is 91.4 Å². The fourth-order valence-corrected chi connectivity index (χ4v) is 7.87. The zero-order valence-corrected chi connectivity index (χ0v) is 25.6. The highest BCUT2D eigenvalue weighted by Crippen LogP contribution is 2.60. The van der Waals surface area contributed by atoms with E-state index in [2.05, 4.69) is 127 Å². The minimum absolute atomic E-state index is 0.0528. The van der Waals surface area contributed by atoms with Crippen molar-refractivity contribution in [1.82, 2.24) is 0 Å². The van der Waals surface area contributed by atoms with Gasteiger partial charge >= 0.3 is 0 Å². The van der Waals surface area contributed by atoms with E-state index < -0.39 is 0 Å². The second-order valence-corrected chi connectivity index (χ2v) is 12.4. The van der Waals surface area contributed by atoms with Crippen molar-refractivity contribution in [3.05, 3.63) is 123 Å². The summed E-state index contributed by atoms with van der Waals surface area (Å²) < 4.78 is 0. The van der Waals surface area contributed by atoms with Crippen LogP contribution in [0, 0.1) is 33.6 Å². The fraction of sp³-hybridized carbons (Fsp3) is 0.395. The Morgan fingerprint density at radius 2 is 1.38 bits per heavy atom. The average molecular weight is 532 g/mol. The molecule has 1 N–H and O–H groups in total. The number of hydrogen-bond acceptors (Lipinski definition) is 1. The van der Waals surface area contributed by atoms with E-state index in [1.807, 2.05) is 6.92 Å². The number of benzene rings is 3. The van der Waals surface area contributed by atoms with Gasteiger partial charge in [-0.1, -0.05) is 101 Å². The lowest BCUT2D eigenvalue weighted by molar-refractivity contribution is -0.115. The van der Waals surface area contributed by atoms with Crippen molar-refractivity contribution >= 4 is 11.6 Å². The molecule has 40 heavy (non-hydrogen) atoms. The normalized spacial score (nSPS) is 21.3. The van der Waals surface area contributed by atoms with Crippen LogP contribution in [0.1, 0.15) is 103 Å². The van der Waals surface area contributed by atoms with E-state index in [-0.39, 0.29) is 22.7 Å². The Hall–Kier alpha value is -3.39. The maximum Gasteiger partial charge on any atom is 0.224 e. The molecule has 0 saturated carbocycles. The Kier molecular flexibility index (Phi) is 7.42. The predicted octanol–water partition coefficient (Wildman–Crippen LogP) is 9.52. The van der Waals surface area contributed by atoms with Crippen molar-refractivity contribution in [3.63, 3.8) is 0 Å². The maximum atomic E-state index is 12.4. The van der Waals surface area contributed by atoms with Gasteiger partial charge in [-0.25, -0.2) is 0 Å². The van der Waals surface area contributed by atoms with Crippen LogP contribution in [-0.4, -0.2) is 5.91 Å². The van der Waals surface area contributed by atoms with Crippen LogP contribution >= 0.6 is 0 Å². The Balaban J connectivity index is 1.84. The Labute approximate surface area is 241 Å². The molecular formula is C38H45NO. The summed E-state index contributed by atoms with van der Waals surface area (Å²) in [6.45, 7) is 17.9. The molecular weight excluding hydrogens is 486 g/mol. The smallest absolute Gasteiger partial charge is 0.224 e. The van der Waals surface area contributed by atoms with Gasteiger partial charge in [0.25, 0.3) is 0 Å². The van der Waals surface area contributed by atoms with Crippen LogP contribution < -0.4 is 5.32 Å². The van der Waals surface area contributed by atoms with Gasteiger partial charge < -0.3 is 5.32 Å². The Morgan fingerprint density at radius 1 is 0.825 bits per heavy atom. The number of allylic oxidation sites excluding steroid dienone is 4. The third-order valence-electron chi connectivity index (χ3n) is 10.1. The third-order valence-corrected chi connectivity index (χ3v) is 10.1. The highest BCUT2D eigenvalue weighted by Gasteiger charge is 2.53. The maximum absolute atomic E-state index is 12.4. The van der Waals surface area contributed by atoms with Crippen molar-refractivity contribution < 1.29 is 4.79 Å². The number of carbonyl (C=O) groups excluding carboxylic acids is 1. The molecule has 1 amide bonds. The summed E-state index contributed by atoms with van der Waals surface area (Å²) in [4.78, 5) is 12.4. The fourth-order valence-electron chi connectivity index (χ4n) is 7.87. The number of hydrogen-bond donors (Lipinski definition) is 1. The predicted molar refractivity (Wildman–Crippen MR) is 170 cm³/mol. The summed E-state index contributed by atoms with van der Waals surface area (Å²) in [7, 11) is 0. The van der Waals surface area contributed by atoms with Gasteiger partial charge in [0.1, 0.15) is 0 Å². The molecule has 208 valence electrons. The van der Waals surface area contributed by atoms with Crippen LogP contribution in [-0.2, 0) is 15.6 Å². The minimum Gasteiger partial charge on any atom is -0.326 e. The summed E-state index contributed by atoms with van der Waals surface area (Å²) >= 11 is 0. The third kappa shape index (κ3) is 4.19. The summed E-state index contributed by atoms with van der Waals surface area (Å²) in [5, 5.41) is 3.16. The number of aryl methyl sites for hydroxylation is 4. The summed E-state index contributed by atoms with van der Waals surface area (Å²) in [6.07, 6.45) is 12.0. The molecule has 2 nitrogen and oxygen atoms in total. The van der Waals surface area contributed by atoms with Gasteiger partial charge in [0.05, 0.1) is 5.41 Å². The molecule has 0 aliphatic heterocycles. The van der Waals surface area contributed by atoms with Gasteiger partial charge in [-0.3, -0.25) is 4.79 Å². The number of amides is 1. The highest BCUT2D eigenvalue weighted by atomic mass is 16.1. The number of anilines is 1. The van der Waals surface area contributed by atoms with Crippen LogP contribution in [0.3, 0.4) is 0 Å². The standard InChI is InChI=1S/C38H45NO/c1-9-34(40)39-36-26(6)22-29(23-27(36)7)38(28-20-24(4)35(25(5)21-28)37(8,10-2)11-3)32-18-14-12-16-30(32)31-17-13-15-19-33(31)38/h12-23,30,32H,9-11H2,1-8H3,(H,39,40). The van der Waals surface area contributed by atoms with Gasteiger partial charge in [0.2, 0.25) is 5.91 Å². The van der Waals surface area contributed by atoms with Crippen LogP contribution in [0.2, 0.25) is 0 Å². The molecule has 0 fully saturated rings. The molecule has 0 heterocycles. The monoisotopic (exact) mass is 531 g/mol. The SMILES string of the molecule is CCC(=O)Nc1c(C)cc(C2(c3cc(C)c(C(C)(CC)CC)c(C)c3)c3ccccc3C3C=CC=CC32)cc1C. The van der Waals surface area contributed by atoms with Crippen LogP contribution in [0.5, 0.6) is 0 Å². The van der Waals surface area contributed by atoms with E-state index in [9.17, 15) is 4.79 Å². The highest BCUT2D eigenvalue weighted by molar-refractivity contribution is 5.92. The second kappa shape index (κ2) is 10.5. The average Bonchev–Trinajstić information content (AvgIpc) is 3.25. The van der Waals surface area contributed by atoms with Crippen LogP contribution in [0.25, 0.3) is 0 Å². The zero-order valence-electron chi connectivity index (χ0n) is 25.6. The first-order valence-corrected chi connectivity index (χ1v) is 15.1. The topological polar surface area (TPSA) is 29.1 Å². The molecule has 0 spiro atoms. The van der Waals surface area contributed by atoms with E-state index in [0.717, 1.165) is 29.7 Å². The van der Waals surface area contributed by atoms with E-state index in [1.165, 1.54) is 38.9 Å². The van der Waals surface area contributed by atoms with Crippen molar-refractivity contribution in [2.75, 3.05) is 5.32 Å². The lowest BCUT2D eigenvalue weighted by Gasteiger charge is -2.41. The van der Waals surface area contributed by atoms with E-state index in [4.69, 9.17) is 0 Å². The van der Waals surface area contributed by atoms with Gasteiger partial charge in [0.15, 0.2) is 0 Å². The van der Waals surface area contributed by atoms with Gasteiger partial charge in [-0.2, -0.15) is 0 Å². The van der Waals surface area contributed by atoms with Crippen LogP contribution in [0.15, 0.2) is 72.8 Å². The second-order valence-electron chi connectivity index (χ2n) is 12.4. The van der Waals surface area contributed by atoms with Gasteiger partial charge in [0, 0.05) is 23.9 Å². The molecule has 3 unspecified atom stereocenters. The largest absolute Gasteiger partial charge is 0.326 e. The molecule has 2 aliphatic rings. The summed E-state index contributed by atoms with van der Waals surface area (Å²) in [6, 6.07) is 18.7. The van der Waals surface area contributed by atoms with E-state index in [0.29, 0.717) is 12.3 Å². The molecule has 3 aromatic carbocycles. The van der Waals surface area contributed by atoms with E-state index in [1.54, 1.807) is 0 Å². The number of carbonyl (C=O) groups is 1. The van der Waals surface area contributed by atoms with Crippen molar-refractivity contribution in [2.24, 2.45) is 5.92 Å². The molecule has 3 atom stereocenters. The first-order valence-electron chi connectivity index (χ1n) is 15.1. The Bertz CT molecular complexity index is 1470. The molecule has 5 rings (SSSR count). The number of fused-ring (bicyclic) bond motifs is 3. The Morgan fingerprint density at radius 3 is 1.95 bits per heavy atom. The number of rotatable bonds is 7. The summed E-state index contributed by atoms with van der Waals surface area (Å²) in [5.41, 5.74) is 12.7. The van der Waals surface area contributed by atoms with Gasteiger partial charge in [-0.05, 0) is 96.0 Å². The summed E-state index contributed by atoms with van der Waals surface area (Å²) in [5.74, 6) is 0.633. The lowest BCUT2D eigenvalue weighted by atomic mass is 9.61. The minimum atomic E-state index is -0.339. The molecule has 0 radical (unpaired) electrons. The molecule has 3 aromatic rings. The van der Waals surface area contributed by atoms with E-state index >= 15 is 0 Å². The molecule has 0 bridgehead atoms. The quantitative estimate of drug-likeness (QED) is 0.323. The van der Waals surface area contributed by atoms with Crippen molar-refractivity contribution in [1.29, 1.82) is 0 Å². The zero-order chi connectivity index (χ0) is 28.8.